The number of ether oxygens (including phenoxy) is 1. The number of fused-ring (bicyclic) bond motifs is 5. The third kappa shape index (κ3) is 3.30. The van der Waals surface area contributed by atoms with Crippen molar-refractivity contribution >= 4 is 5.91 Å². The number of halogens is 1. The molecule has 32 heavy (non-hydrogen) atoms. The topological polar surface area (TPSA) is 75.0 Å². The normalized spacial score (nSPS) is 18.8. The summed E-state index contributed by atoms with van der Waals surface area (Å²) in [5.74, 6) is -1.10. The van der Waals surface area contributed by atoms with Crippen molar-refractivity contribution in [3.63, 3.8) is 0 Å². The first-order chi connectivity index (χ1) is 15.5. The molecule has 1 amide bonds. The second-order valence-corrected chi connectivity index (χ2v) is 7.61. The molecule has 1 aromatic heterocycles. The molecule has 0 unspecified atom stereocenters. The molecule has 7 nitrogen and oxygen atoms in total. The number of hydrogen-bond acceptors (Lipinski definition) is 5. The lowest BCUT2D eigenvalue weighted by Gasteiger charge is -2.43. The van der Waals surface area contributed by atoms with Crippen LogP contribution in [0.5, 0.6) is 11.5 Å². The van der Waals surface area contributed by atoms with Crippen LogP contribution in [-0.2, 0) is 0 Å². The predicted octanol–water partition coefficient (Wildman–Crippen LogP) is 2.78. The molecule has 5 rings (SSSR count). The zero-order valence-corrected chi connectivity index (χ0v) is 17.0. The van der Waals surface area contributed by atoms with Gasteiger partial charge in [-0.25, -0.2) is 4.39 Å². The first kappa shape index (κ1) is 19.9. The van der Waals surface area contributed by atoms with Crippen molar-refractivity contribution in [1.82, 2.24) is 9.58 Å². The maximum Gasteiger partial charge on any atom is 0.278 e. The Kier molecular flexibility index (Phi) is 4.89. The Morgan fingerprint density at radius 3 is 2.66 bits per heavy atom. The highest BCUT2D eigenvalue weighted by Gasteiger charge is 2.37. The zero-order chi connectivity index (χ0) is 22.2. The molecule has 3 heterocycles. The monoisotopic (exact) mass is 433 g/mol. The maximum atomic E-state index is 14.1. The summed E-state index contributed by atoms with van der Waals surface area (Å²) in [6.45, 7) is 0.637. The van der Waals surface area contributed by atoms with Crippen molar-refractivity contribution in [3.05, 3.63) is 106 Å². The van der Waals surface area contributed by atoms with E-state index in [-0.39, 0.29) is 25.5 Å². The quantitative estimate of drug-likeness (QED) is 0.598. The van der Waals surface area contributed by atoms with Gasteiger partial charge in [0.1, 0.15) is 30.9 Å². The van der Waals surface area contributed by atoms with Crippen molar-refractivity contribution in [1.29, 1.82) is 0 Å². The van der Waals surface area contributed by atoms with Gasteiger partial charge in [-0.3, -0.25) is 19.3 Å². The highest BCUT2D eigenvalue weighted by Crippen LogP contribution is 2.37. The summed E-state index contributed by atoms with van der Waals surface area (Å²) in [5, 5.41) is 12.4. The fraction of sp³-hybridized carbons (Fsp3) is 0.167. The lowest BCUT2D eigenvalue weighted by Crippen LogP contribution is -2.55. The van der Waals surface area contributed by atoms with Gasteiger partial charge >= 0.3 is 0 Å². The number of carbonyl (C=O) groups is 1. The van der Waals surface area contributed by atoms with Crippen LogP contribution in [0.1, 0.15) is 27.7 Å². The smallest absolute Gasteiger partial charge is 0.278 e. The number of carbonyl (C=O) groups excluding carboxylic acids is 1. The van der Waals surface area contributed by atoms with E-state index in [2.05, 4.69) is 0 Å². The summed E-state index contributed by atoms with van der Waals surface area (Å²) in [7, 11) is 0. The molecule has 0 saturated heterocycles. The summed E-state index contributed by atoms with van der Waals surface area (Å²) in [6, 6.07) is 14.6. The number of aromatic hydroxyl groups is 1. The average molecular weight is 433 g/mol. The van der Waals surface area contributed by atoms with Crippen LogP contribution in [0.3, 0.4) is 0 Å². The van der Waals surface area contributed by atoms with Gasteiger partial charge in [-0.1, -0.05) is 36.4 Å². The number of hydrogen-bond donors (Lipinski definition) is 1. The Hall–Kier alpha value is -4.07. The van der Waals surface area contributed by atoms with Crippen LogP contribution in [0, 0.1) is 5.82 Å². The Bertz CT molecular complexity index is 1270. The lowest BCUT2D eigenvalue weighted by molar-refractivity contribution is 0.0701. The number of rotatable bonds is 1. The largest absolute Gasteiger partial charge is 0.502 e. The van der Waals surface area contributed by atoms with Crippen molar-refractivity contribution in [2.45, 2.75) is 6.04 Å². The van der Waals surface area contributed by atoms with Gasteiger partial charge in [0.15, 0.2) is 11.4 Å². The minimum absolute atomic E-state index is 0.109. The minimum atomic E-state index is -0.631. The number of nitrogens with zero attached hydrogens (tertiary/aromatic N) is 3. The van der Waals surface area contributed by atoms with Gasteiger partial charge in [-0.15, -0.1) is 0 Å². The van der Waals surface area contributed by atoms with E-state index in [0.29, 0.717) is 11.3 Å². The van der Waals surface area contributed by atoms with Crippen LogP contribution >= 0.6 is 0 Å². The Morgan fingerprint density at radius 1 is 1.03 bits per heavy atom. The van der Waals surface area contributed by atoms with Gasteiger partial charge < -0.3 is 14.7 Å². The molecular weight excluding hydrogens is 413 g/mol. The maximum absolute atomic E-state index is 14.1. The van der Waals surface area contributed by atoms with E-state index in [9.17, 15) is 19.1 Å². The SMILES string of the molecule is O=C1c2c(O)c(=O)ccn2N2CN1C/C=C\COc1cc(F)ccc1[C@H]2c1ccccc1. The summed E-state index contributed by atoms with van der Waals surface area (Å²) in [4.78, 5) is 26.8. The molecule has 1 N–H and O–H groups in total. The molecule has 0 fully saturated rings. The Balaban J connectivity index is 1.80. The Labute approximate surface area is 183 Å². The molecular formula is C24H20FN3O4. The molecule has 0 aliphatic carbocycles. The minimum Gasteiger partial charge on any atom is -0.502 e. The van der Waals surface area contributed by atoms with Gasteiger partial charge in [0.25, 0.3) is 5.91 Å². The fourth-order valence-corrected chi connectivity index (χ4v) is 4.15. The summed E-state index contributed by atoms with van der Waals surface area (Å²) >= 11 is 0. The van der Waals surface area contributed by atoms with E-state index < -0.39 is 28.9 Å². The number of benzene rings is 2. The first-order valence-electron chi connectivity index (χ1n) is 10.2. The van der Waals surface area contributed by atoms with E-state index in [0.717, 1.165) is 5.56 Å². The summed E-state index contributed by atoms with van der Waals surface area (Å²) in [6.07, 6.45) is 5.00. The molecule has 3 aromatic rings. The molecule has 8 heteroatoms. The molecule has 2 bridgehead atoms. The van der Waals surface area contributed by atoms with E-state index in [4.69, 9.17) is 4.74 Å². The van der Waals surface area contributed by atoms with Crippen LogP contribution in [0.2, 0.25) is 0 Å². The molecule has 162 valence electrons. The van der Waals surface area contributed by atoms with Crippen LogP contribution in [0.15, 0.2) is 77.7 Å². The second-order valence-electron chi connectivity index (χ2n) is 7.61. The molecule has 2 aliphatic heterocycles. The summed E-state index contributed by atoms with van der Waals surface area (Å²) < 4.78 is 21.5. The van der Waals surface area contributed by atoms with Crippen molar-refractivity contribution in [2.75, 3.05) is 24.8 Å². The van der Waals surface area contributed by atoms with Crippen molar-refractivity contribution in [2.24, 2.45) is 0 Å². The molecule has 2 aromatic carbocycles. The highest BCUT2D eigenvalue weighted by molar-refractivity contribution is 5.96. The van der Waals surface area contributed by atoms with Crippen LogP contribution in [0.25, 0.3) is 0 Å². The van der Waals surface area contributed by atoms with E-state index >= 15 is 0 Å². The highest BCUT2D eigenvalue weighted by atomic mass is 19.1. The van der Waals surface area contributed by atoms with Crippen LogP contribution < -0.4 is 15.2 Å². The van der Waals surface area contributed by atoms with Crippen molar-refractivity contribution in [3.8, 4) is 11.5 Å². The van der Waals surface area contributed by atoms with E-state index in [1.54, 1.807) is 18.2 Å². The van der Waals surface area contributed by atoms with E-state index in [1.165, 1.54) is 34.0 Å². The standard InChI is InChI=1S/C24H20FN3O4/c25-17-8-9-18-20(14-17)32-13-5-4-11-26-15-28(21(18)16-6-2-1-3-7-16)27-12-10-19(29)23(30)22(27)24(26)31/h1-10,12,14,21,30H,11,13,15H2/b5-4-/t21-/m1/s1. The molecule has 0 radical (unpaired) electrons. The van der Waals surface area contributed by atoms with Gasteiger partial charge in [-0.05, 0) is 23.8 Å². The average Bonchev–Trinajstić information content (AvgIpc) is 2.82. The molecule has 0 spiro atoms. The Morgan fingerprint density at radius 2 is 1.84 bits per heavy atom. The van der Waals surface area contributed by atoms with Crippen molar-refractivity contribution < 1.29 is 19.0 Å². The fourth-order valence-electron chi connectivity index (χ4n) is 4.15. The number of pyridine rings is 1. The lowest BCUT2D eigenvalue weighted by atomic mass is 9.97. The molecule has 1 atom stereocenters. The number of amides is 1. The van der Waals surface area contributed by atoms with Gasteiger partial charge in [-0.2, -0.15) is 0 Å². The van der Waals surface area contributed by atoms with Crippen LogP contribution in [-0.4, -0.2) is 40.4 Å². The van der Waals surface area contributed by atoms with Gasteiger partial charge in [0.2, 0.25) is 5.43 Å². The van der Waals surface area contributed by atoms with Crippen LogP contribution in [0.4, 0.5) is 4.39 Å². The molecule has 2 aliphatic rings. The predicted molar refractivity (Wildman–Crippen MR) is 116 cm³/mol. The van der Waals surface area contributed by atoms with E-state index in [1.807, 2.05) is 35.3 Å². The third-order valence-electron chi connectivity index (χ3n) is 5.65. The van der Waals surface area contributed by atoms with Gasteiger partial charge in [0.05, 0.1) is 0 Å². The third-order valence-corrected chi connectivity index (χ3v) is 5.65. The molecule has 0 saturated carbocycles. The van der Waals surface area contributed by atoms with Gasteiger partial charge in [0, 0.05) is 30.4 Å². The summed E-state index contributed by atoms with van der Waals surface area (Å²) in [5.41, 5.74) is 0.816. The second kappa shape index (κ2) is 7.88. The first-order valence-corrected chi connectivity index (χ1v) is 10.2. The number of aromatic nitrogens is 1. The zero-order valence-electron chi connectivity index (χ0n) is 17.0.